The Kier molecular flexibility index (Phi) is 26.6. The fourth-order valence-electron chi connectivity index (χ4n) is 1.82. The van der Waals surface area contributed by atoms with Crippen LogP contribution in [-0.2, 0) is 25.6 Å². The van der Waals surface area contributed by atoms with Crippen LogP contribution >= 0.6 is 99.9 Å². The van der Waals surface area contributed by atoms with Crippen molar-refractivity contribution in [1.29, 1.82) is 0 Å². The van der Waals surface area contributed by atoms with Gasteiger partial charge < -0.3 is 9.47 Å². The Morgan fingerprint density at radius 3 is 1.82 bits per heavy atom. The molecule has 0 saturated carbocycles. The Balaban J connectivity index is 0. The van der Waals surface area contributed by atoms with Gasteiger partial charge in [-0.15, -0.1) is 0 Å². The zero-order valence-corrected chi connectivity index (χ0v) is 31.5. The van der Waals surface area contributed by atoms with Crippen LogP contribution in [0.15, 0.2) is 42.4 Å². The average Bonchev–Trinajstić information content (AvgIpc) is 2.75. The predicted octanol–water partition coefficient (Wildman–Crippen LogP) is 7.37. The molecule has 2 rings (SSSR count). The number of carbonyl (C=O) groups is 1. The molecule has 0 N–H and O–H groups in total. The van der Waals surface area contributed by atoms with E-state index in [9.17, 15) is 14.9 Å². The summed E-state index contributed by atoms with van der Waals surface area (Å²) in [7, 11) is 3.70. The monoisotopic (exact) mass is 1100 g/mol. The van der Waals surface area contributed by atoms with Crippen LogP contribution in [0.5, 0.6) is 11.8 Å². The molecule has 0 aromatic carbocycles. The normalized spacial score (nSPS) is 9.70. The van der Waals surface area contributed by atoms with Gasteiger partial charge in [0.15, 0.2) is 0 Å². The van der Waals surface area contributed by atoms with Gasteiger partial charge in [0.2, 0.25) is 17.5 Å². The van der Waals surface area contributed by atoms with E-state index in [0.717, 1.165) is 5.56 Å². The van der Waals surface area contributed by atoms with E-state index in [1.807, 2.05) is 6.07 Å². The first-order valence-electron chi connectivity index (χ1n) is 8.51. The van der Waals surface area contributed by atoms with Crippen molar-refractivity contribution in [2.75, 3.05) is 14.2 Å². The van der Waals surface area contributed by atoms with E-state index >= 15 is 0 Å². The molecule has 2 aromatic heterocycles. The number of allylic oxidation sites excluding steroid dienone is 1. The van der Waals surface area contributed by atoms with E-state index < -0.39 is 4.92 Å². The maximum absolute atomic E-state index is 10.7. The number of rotatable bonds is 6. The van der Waals surface area contributed by atoms with Crippen LogP contribution in [0.3, 0.4) is 0 Å². The Morgan fingerprint density at radius 1 is 1.06 bits per heavy atom. The van der Waals surface area contributed by atoms with Gasteiger partial charge in [-0.1, -0.05) is 6.07 Å². The quantitative estimate of drug-likeness (QED) is 0.169. The van der Waals surface area contributed by atoms with Gasteiger partial charge in [0, 0.05) is 43.9 Å². The molecule has 15 heteroatoms. The Hall–Kier alpha value is 1.53. The number of halogens is 5. The second-order valence-electron chi connectivity index (χ2n) is 5.52. The Bertz CT molecular complexity index is 842. The molecule has 33 heavy (non-hydrogen) atoms. The number of nitro groups is 1. The molecular formula is C18H21I5N3O5V2. The molecule has 0 aliphatic carbocycles. The molecule has 0 radical (unpaired) electrons. The van der Waals surface area contributed by atoms with Gasteiger partial charge in [0.05, 0.1) is 19.1 Å². The van der Waals surface area contributed by atoms with Crippen LogP contribution in [0, 0.1) is 10.1 Å². The second-order valence-corrected chi connectivity index (χ2v) is 52.7. The average molecular weight is 1100 g/mol. The van der Waals surface area contributed by atoms with E-state index in [0.29, 0.717) is 33.2 Å². The minimum absolute atomic E-state index is 0.0805. The fourth-order valence-corrected chi connectivity index (χ4v) is 1.82. The summed E-state index contributed by atoms with van der Waals surface area (Å²) in [5.41, 5.74) is 1.68. The van der Waals surface area contributed by atoms with E-state index in [4.69, 9.17) is 9.47 Å². The first-order chi connectivity index (χ1) is 15.5. The number of hydrogen-bond donors (Lipinski definition) is 0. The number of hydrogen-bond acceptors (Lipinski definition) is 7. The molecule has 0 aliphatic heterocycles. The third-order valence-corrected chi connectivity index (χ3v) is 3.09. The summed E-state index contributed by atoms with van der Waals surface area (Å²) in [6, 6.07) is 6.95. The van der Waals surface area contributed by atoms with E-state index in [2.05, 4.69) is 110 Å². The number of Topliss-reactive ketones (excluding diaryl/α,β-unsaturated/α-hetero) is 1. The van der Waals surface area contributed by atoms with Crippen LogP contribution in [0.1, 0.15) is 25.0 Å². The van der Waals surface area contributed by atoms with Gasteiger partial charge in [-0.05, 0) is 24.1 Å². The number of methoxy groups -OCH3 is 2. The number of ketones is 1. The number of nitrogens with zero attached hydrogens (tertiary/aromatic N) is 3. The number of pyridine rings is 2. The summed E-state index contributed by atoms with van der Waals surface area (Å²) in [6.07, 6.45) is 5.06. The molecule has 0 spiro atoms. The molecule has 0 aliphatic rings. The van der Waals surface area contributed by atoms with Crippen LogP contribution in [0.25, 0.3) is 6.08 Å². The third-order valence-electron chi connectivity index (χ3n) is 3.09. The molecule has 0 fully saturated rings. The summed E-state index contributed by atoms with van der Waals surface area (Å²) in [5.74, 6) is 1.20. The molecule has 2 aromatic rings. The molecule has 8 nitrogen and oxygen atoms in total. The minimum atomic E-state index is -0.440. The van der Waals surface area contributed by atoms with Crippen molar-refractivity contribution >= 4 is 112 Å². The van der Waals surface area contributed by atoms with Crippen LogP contribution in [0.2, 0.25) is 0 Å². The van der Waals surface area contributed by atoms with Crippen molar-refractivity contribution in [3.05, 3.63) is 63.6 Å². The molecule has 2 heterocycles. The Labute approximate surface area is 260 Å². The molecule has 0 amide bonds. The van der Waals surface area contributed by atoms with Gasteiger partial charge >= 0.3 is 114 Å². The fraction of sp³-hybridized carbons (Fsp3) is 0.278. The zero-order valence-electron chi connectivity index (χ0n) is 17.9. The van der Waals surface area contributed by atoms with Crippen molar-refractivity contribution in [1.82, 2.24) is 9.97 Å². The van der Waals surface area contributed by atoms with Crippen molar-refractivity contribution < 1.29 is 33.6 Å². The van der Waals surface area contributed by atoms with Crippen molar-refractivity contribution in [2.24, 2.45) is 0 Å². The van der Waals surface area contributed by atoms with Crippen molar-refractivity contribution in [3.8, 4) is 11.8 Å². The van der Waals surface area contributed by atoms with Crippen LogP contribution < -0.4 is 9.47 Å². The summed E-state index contributed by atoms with van der Waals surface area (Å²) in [6.45, 7) is 2.99. The van der Waals surface area contributed by atoms with Gasteiger partial charge in [0.1, 0.15) is 5.78 Å². The van der Waals surface area contributed by atoms with Crippen LogP contribution in [-0.4, -0.2) is 34.9 Å². The van der Waals surface area contributed by atoms with Gasteiger partial charge in [-0.2, -0.15) is 0 Å². The van der Waals surface area contributed by atoms with E-state index in [1.165, 1.54) is 26.3 Å². The van der Waals surface area contributed by atoms with Crippen molar-refractivity contribution in [3.63, 3.8) is 0 Å². The Morgan fingerprint density at radius 2 is 1.52 bits per heavy atom. The van der Waals surface area contributed by atoms with Gasteiger partial charge in [0.25, 0.3) is 0 Å². The third kappa shape index (κ3) is 23.7. The number of ether oxygens (including phenoxy) is 2. The standard InChI is InChI=1S/C9H10N2O3.C9H11NO2.5HI.2V/c1-7(11(12)13)5-8-3-4-9(14-2)10-6-8;1-7(11)5-8-3-4-9(12-2)10-6-8;;;;;;;/h3-6H,1-2H3;3-4,6H,5H2,1-2H3;5*1H;;/q;;;;;;;+2;+3/p-5/b7-5-;;;;;;;;. The number of carbonyl (C=O) groups excluding carboxylic acids is 1. The molecule has 0 atom stereocenters. The van der Waals surface area contributed by atoms with Gasteiger partial charge in [-0.25, -0.2) is 9.97 Å². The van der Waals surface area contributed by atoms with Crippen LogP contribution in [0.4, 0.5) is 0 Å². The van der Waals surface area contributed by atoms with E-state index in [1.54, 1.807) is 38.4 Å². The topological polar surface area (TPSA) is 104 Å². The molecule has 0 unspecified atom stereocenters. The van der Waals surface area contributed by atoms with E-state index in [-0.39, 0.29) is 16.4 Å². The molecular weight excluding hydrogens is 1070 g/mol. The first kappa shape index (κ1) is 36.7. The number of aromatic nitrogens is 2. The maximum atomic E-state index is 10.7. The molecule has 183 valence electrons. The molecule has 0 saturated heterocycles. The summed E-state index contributed by atoms with van der Waals surface area (Å²) >= 11 is 12.1. The predicted molar refractivity (Wildman–Crippen MR) is 167 cm³/mol. The summed E-state index contributed by atoms with van der Waals surface area (Å²) in [4.78, 5) is 28.2. The molecule has 0 bridgehead atoms. The SMILES string of the molecule is COc1ccc(/C=C(/C)[N+](=O)[O-])cn1.COc1ccc(CC(C)=O)cn1.[I][V]([I])[I].[I][V][I]. The van der Waals surface area contributed by atoms with Crippen molar-refractivity contribution in [2.45, 2.75) is 20.3 Å². The summed E-state index contributed by atoms with van der Waals surface area (Å²) < 4.78 is 9.73. The summed E-state index contributed by atoms with van der Waals surface area (Å²) in [5, 5.41) is 10.3. The zero-order chi connectivity index (χ0) is 25.8. The first-order valence-corrected chi connectivity index (χ1v) is 31.0. The van der Waals surface area contributed by atoms with Gasteiger partial charge in [-0.3, -0.25) is 14.9 Å². The second kappa shape index (κ2) is 23.9.